The molecule has 0 saturated carbocycles. The van der Waals surface area contributed by atoms with Crippen LogP contribution in [0.3, 0.4) is 0 Å². The summed E-state index contributed by atoms with van der Waals surface area (Å²) < 4.78 is 25.6. The fraction of sp³-hybridized carbons (Fsp3) is 0.263. The van der Waals surface area contributed by atoms with E-state index >= 15 is 0 Å². The molecule has 0 spiro atoms. The van der Waals surface area contributed by atoms with Crippen LogP contribution in [0.5, 0.6) is 0 Å². The lowest BCUT2D eigenvalue weighted by molar-refractivity contribution is 0.0977. The number of piperazine rings is 1. The molecule has 1 aliphatic rings. The summed E-state index contributed by atoms with van der Waals surface area (Å²) in [6, 6.07) is 14.9. The molecule has 1 fully saturated rings. The summed E-state index contributed by atoms with van der Waals surface area (Å²) >= 11 is 7.35. The van der Waals surface area contributed by atoms with Gasteiger partial charge in [-0.15, -0.1) is 0 Å². The van der Waals surface area contributed by atoms with Crippen LogP contribution in [0.4, 0.5) is 11.4 Å². The molecule has 2 aromatic carbocycles. The third kappa shape index (κ3) is 5.87. The fourth-order valence-electron chi connectivity index (χ4n) is 3.01. The quantitative estimate of drug-likeness (QED) is 0.455. The van der Waals surface area contributed by atoms with Crippen molar-refractivity contribution in [3.63, 3.8) is 0 Å². The van der Waals surface area contributed by atoms with Gasteiger partial charge in [0.25, 0.3) is 5.91 Å². The van der Waals surface area contributed by atoms with E-state index in [1.54, 1.807) is 6.07 Å². The van der Waals surface area contributed by atoms with E-state index in [0.717, 1.165) is 14.9 Å². The summed E-state index contributed by atoms with van der Waals surface area (Å²) in [6.07, 6.45) is 1.24. The minimum Gasteiger partial charge on any atom is -0.369 e. The van der Waals surface area contributed by atoms with Crippen molar-refractivity contribution in [1.82, 2.24) is 9.62 Å². The number of nitrogens with zero attached hydrogens (tertiary/aromatic N) is 2. The first-order valence-corrected chi connectivity index (χ1v) is 12.2. The van der Waals surface area contributed by atoms with E-state index in [1.165, 1.54) is 10.6 Å². The number of nitrogens with one attached hydrogen (secondary N) is 2. The summed E-state index contributed by atoms with van der Waals surface area (Å²) in [6.45, 7) is 2.24. The average Bonchev–Trinajstić information content (AvgIpc) is 2.68. The van der Waals surface area contributed by atoms with E-state index < -0.39 is 10.0 Å². The van der Waals surface area contributed by atoms with Crippen molar-refractivity contribution in [2.75, 3.05) is 42.7 Å². The fourth-order valence-corrected chi connectivity index (χ4v) is 4.68. The van der Waals surface area contributed by atoms with Crippen molar-refractivity contribution in [3.05, 3.63) is 57.7 Å². The number of hydrogen-bond donors (Lipinski definition) is 2. The molecule has 0 bridgehead atoms. The van der Waals surface area contributed by atoms with Crippen LogP contribution in [0.15, 0.2) is 48.5 Å². The van der Waals surface area contributed by atoms with Crippen LogP contribution in [0.1, 0.15) is 10.4 Å². The Balaban J connectivity index is 1.55. The molecule has 0 radical (unpaired) electrons. The van der Waals surface area contributed by atoms with Gasteiger partial charge in [0.2, 0.25) is 10.0 Å². The van der Waals surface area contributed by atoms with Crippen LogP contribution in [-0.4, -0.2) is 56.2 Å². The van der Waals surface area contributed by atoms with Crippen molar-refractivity contribution in [2.45, 2.75) is 0 Å². The molecule has 10 heteroatoms. The molecule has 2 aromatic rings. The molecule has 29 heavy (non-hydrogen) atoms. The molecule has 154 valence electrons. The Morgan fingerprint density at radius 2 is 1.66 bits per heavy atom. The summed E-state index contributed by atoms with van der Waals surface area (Å²) in [4.78, 5) is 14.5. The van der Waals surface area contributed by atoms with Gasteiger partial charge in [0.1, 0.15) is 0 Å². The Morgan fingerprint density at radius 1 is 1.03 bits per heavy atom. The zero-order valence-electron chi connectivity index (χ0n) is 15.8. The van der Waals surface area contributed by atoms with Gasteiger partial charge in [0.05, 0.1) is 11.8 Å². The Bertz CT molecular complexity index is 1000. The van der Waals surface area contributed by atoms with Crippen molar-refractivity contribution in [2.24, 2.45) is 0 Å². The van der Waals surface area contributed by atoms with Crippen LogP contribution in [0, 0.1) is 3.57 Å². The van der Waals surface area contributed by atoms with Gasteiger partial charge in [-0.3, -0.25) is 10.1 Å². The third-order valence-corrected chi connectivity index (χ3v) is 6.99. The minimum atomic E-state index is -3.14. The number of thiocarbonyl (C=S) groups is 1. The molecule has 0 unspecified atom stereocenters. The Hall–Kier alpha value is -1.76. The van der Waals surface area contributed by atoms with Gasteiger partial charge in [0, 0.05) is 41.1 Å². The number of sulfonamides is 1. The third-order valence-electron chi connectivity index (χ3n) is 4.54. The Labute approximate surface area is 189 Å². The van der Waals surface area contributed by atoms with Gasteiger partial charge in [-0.1, -0.05) is 12.1 Å². The largest absolute Gasteiger partial charge is 0.369 e. The number of benzene rings is 2. The van der Waals surface area contributed by atoms with Crippen LogP contribution in [-0.2, 0) is 10.0 Å². The maximum atomic E-state index is 12.3. The number of halogens is 1. The number of carbonyl (C=O) groups excluding carboxylic acids is 1. The topological polar surface area (TPSA) is 81.8 Å². The first-order chi connectivity index (χ1) is 13.7. The van der Waals surface area contributed by atoms with E-state index in [0.29, 0.717) is 31.7 Å². The molecule has 1 heterocycles. The number of rotatable bonds is 4. The molecule has 0 aliphatic carbocycles. The van der Waals surface area contributed by atoms with E-state index in [1.807, 2.05) is 42.5 Å². The highest BCUT2D eigenvalue weighted by atomic mass is 127. The molecule has 1 amide bonds. The first kappa shape index (κ1) is 21.9. The van der Waals surface area contributed by atoms with E-state index in [2.05, 4.69) is 38.1 Å². The second-order valence-electron chi connectivity index (χ2n) is 6.58. The number of carbonyl (C=O) groups is 1. The Kier molecular flexibility index (Phi) is 7.09. The van der Waals surface area contributed by atoms with Crippen LogP contribution >= 0.6 is 34.8 Å². The molecule has 0 aromatic heterocycles. The first-order valence-electron chi connectivity index (χ1n) is 8.91. The maximum absolute atomic E-state index is 12.3. The minimum absolute atomic E-state index is 0.226. The van der Waals surface area contributed by atoms with Crippen molar-refractivity contribution in [3.8, 4) is 0 Å². The maximum Gasteiger partial charge on any atom is 0.258 e. The van der Waals surface area contributed by atoms with E-state index in [9.17, 15) is 13.2 Å². The molecular weight excluding hydrogens is 523 g/mol. The lowest BCUT2D eigenvalue weighted by Gasteiger charge is -2.34. The lowest BCUT2D eigenvalue weighted by atomic mass is 10.2. The van der Waals surface area contributed by atoms with E-state index in [-0.39, 0.29) is 11.0 Å². The monoisotopic (exact) mass is 544 g/mol. The molecule has 0 atom stereocenters. The summed E-state index contributed by atoms with van der Waals surface area (Å²) in [5.41, 5.74) is 2.34. The predicted octanol–water partition coefficient (Wildman–Crippen LogP) is 2.50. The van der Waals surface area contributed by atoms with Crippen molar-refractivity contribution in [1.29, 1.82) is 0 Å². The second-order valence-corrected chi connectivity index (χ2v) is 10.1. The molecule has 2 N–H and O–H groups in total. The highest BCUT2D eigenvalue weighted by molar-refractivity contribution is 14.1. The normalized spacial score (nSPS) is 15.0. The molecule has 1 saturated heterocycles. The van der Waals surface area contributed by atoms with Gasteiger partial charge in [-0.25, -0.2) is 8.42 Å². The molecule has 3 rings (SSSR count). The number of hydrogen-bond acceptors (Lipinski definition) is 5. The van der Waals surface area contributed by atoms with Gasteiger partial charge < -0.3 is 10.2 Å². The smallest absolute Gasteiger partial charge is 0.258 e. The molecular formula is C19H21IN4O3S2. The highest BCUT2D eigenvalue weighted by Crippen LogP contribution is 2.20. The zero-order valence-corrected chi connectivity index (χ0v) is 19.6. The van der Waals surface area contributed by atoms with Crippen molar-refractivity contribution < 1.29 is 13.2 Å². The van der Waals surface area contributed by atoms with Crippen LogP contribution in [0.2, 0.25) is 0 Å². The predicted molar refractivity (Wildman–Crippen MR) is 128 cm³/mol. The van der Waals surface area contributed by atoms with E-state index in [4.69, 9.17) is 12.2 Å². The summed E-state index contributed by atoms with van der Waals surface area (Å²) in [5, 5.41) is 5.92. The summed E-state index contributed by atoms with van der Waals surface area (Å²) in [5.74, 6) is -0.257. The number of anilines is 2. The average molecular weight is 544 g/mol. The van der Waals surface area contributed by atoms with Crippen LogP contribution < -0.4 is 15.5 Å². The Morgan fingerprint density at radius 3 is 2.24 bits per heavy atom. The standard InChI is InChI=1S/C19H21IN4O3S2/c1-29(26,27)24-12-10-23(11-13-24)15-8-6-14(7-9-15)21-19(28)22-18(25)16-4-2-3-5-17(16)20/h2-9H,10-13H2,1H3,(H2,21,22,25,28). The summed E-state index contributed by atoms with van der Waals surface area (Å²) in [7, 11) is -3.14. The van der Waals surface area contributed by atoms with Crippen LogP contribution in [0.25, 0.3) is 0 Å². The van der Waals surface area contributed by atoms with Gasteiger partial charge in [-0.05, 0) is 71.2 Å². The van der Waals surface area contributed by atoms with Gasteiger partial charge >= 0.3 is 0 Å². The molecule has 1 aliphatic heterocycles. The second kappa shape index (κ2) is 9.37. The zero-order chi connectivity index (χ0) is 21.0. The SMILES string of the molecule is CS(=O)(=O)N1CCN(c2ccc(NC(=S)NC(=O)c3ccccc3I)cc2)CC1. The van der Waals surface area contributed by atoms with Gasteiger partial charge in [0.15, 0.2) is 5.11 Å². The number of amides is 1. The lowest BCUT2D eigenvalue weighted by Crippen LogP contribution is -2.48. The van der Waals surface area contributed by atoms with Gasteiger partial charge in [-0.2, -0.15) is 4.31 Å². The highest BCUT2D eigenvalue weighted by Gasteiger charge is 2.23. The molecule has 7 nitrogen and oxygen atoms in total. The van der Waals surface area contributed by atoms with Crippen molar-refractivity contribution >= 4 is 67.2 Å².